The molecule has 0 saturated heterocycles. The fraction of sp³-hybridized carbons (Fsp3) is 0.533. The van der Waals surface area contributed by atoms with Crippen molar-refractivity contribution in [2.45, 2.75) is 44.6 Å². The van der Waals surface area contributed by atoms with Crippen LogP contribution in [-0.4, -0.2) is 16.1 Å². The standard InChI is InChI=1S/C15H21N3/c1-2-18-11-17-13-9-12(5-6-14(13)18)15(10-16)7-3-4-8-15/h5-6,9,11H,2-4,7-8,10,16H2,1H3. The lowest BCUT2D eigenvalue weighted by molar-refractivity contribution is 0.453. The summed E-state index contributed by atoms with van der Waals surface area (Å²) in [5.41, 5.74) is 9.98. The molecule has 0 unspecified atom stereocenters. The summed E-state index contributed by atoms with van der Waals surface area (Å²) in [5.74, 6) is 0. The van der Waals surface area contributed by atoms with Gasteiger partial charge in [-0.1, -0.05) is 18.9 Å². The smallest absolute Gasteiger partial charge is 0.0958 e. The van der Waals surface area contributed by atoms with E-state index in [4.69, 9.17) is 5.73 Å². The highest BCUT2D eigenvalue weighted by molar-refractivity contribution is 5.76. The molecule has 1 saturated carbocycles. The molecule has 1 aromatic carbocycles. The van der Waals surface area contributed by atoms with Gasteiger partial charge in [-0.25, -0.2) is 4.98 Å². The Balaban J connectivity index is 2.07. The topological polar surface area (TPSA) is 43.8 Å². The normalized spacial score (nSPS) is 18.6. The lowest BCUT2D eigenvalue weighted by atomic mass is 9.79. The molecular weight excluding hydrogens is 222 g/mol. The van der Waals surface area contributed by atoms with Gasteiger partial charge in [0.05, 0.1) is 17.4 Å². The number of hydrogen-bond donors (Lipinski definition) is 1. The molecule has 3 nitrogen and oxygen atoms in total. The van der Waals surface area contributed by atoms with Crippen molar-refractivity contribution < 1.29 is 0 Å². The first-order valence-electron chi connectivity index (χ1n) is 6.94. The summed E-state index contributed by atoms with van der Waals surface area (Å²) in [7, 11) is 0. The maximum Gasteiger partial charge on any atom is 0.0958 e. The van der Waals surface area contributed by atoms with Crippen molar-refractivity contribution in [3.8, 4) is 0 Å². The van der Waals surface area contributed by atoms with Crippen LogP contribution >= 0.6 is 0 Å². The Kier molecular flexibility index (Phi) is 2.86. The number of nitrogens with zero attached hydrogens (tertiary/aromatic N) is 2. The van der Waals surface area contributed by atoms with E-state index in [0.717, 1.165) is 18.6 Å². The third-order valence-corrected chi connectivity index (χ3v) is 4.53. The molecule has 3 heteroatoms. The van der Waals surface area contributed by atoms with Crippen LogP contribution in [0.4, 0.5) is 0 Å². The molecule has 0 amide bonds. The lowest BCUT2D eigenvalue weighted by Gasteiger charge is -2.27. The van der Waals surface area contributed by atoms with Crippen LogP contribution in [0.3, 0.4) is 0 Å². The molecule has 3 rings (SSSR count). The minimum atomic E-state index is 0.212. The van der Waals surface area contributed by atoms with E-state index in [1.807, 2.05) is 6.33 Å². The maximum atomic E-state index is 6.05. The second-order valence-electron chi connectivity index (χ2n) is 5.43. The van der Waals surface area contributed by atoms with Gasteiger partial charge in [0, 0.05) is 18.5 Å². The van der Waals surface area contributed by atoms with Crippen LogP contribution in [0.25, 0.3) is 11.0 Å². The molecule has 96 valence electrons. The van der Waals surface area contributed by atoms with Crippen molar-refractivity contribution in [3.05, 3.63) is 30.1 Å². The van der Waals surface area contributed by atoms with Gasteiger partial charge in [0.2, 0.25) is 0 Å². The van der Waals surface area contributed by atoms with E-state index in [1.165, 1.54) is 36.8 Å². The van der Waals surface area contributed by atoms with Gasteiger partial charge in [-0.2, -0.15) is 0 Å². The Morgan fingerprint density at radius 2 is 2.11 bits per heavy atom. The SMILES string of the molecule is CCn1cnc2cc(C3(CN)CCCC3)ccc21. The zero-order valence-electron chi connectivity index (χ0n) is 11.0. The predicted octanol–water partition coefficient (Wildman–Crippen LogP) is 2.83. The quantitative estimate of drug-likeness (QED) is 0.901. The monoisotopic (exact) mass is 243 g/mol. The van der Waals surface area contributed by atoms with Crippen molar-refractivity contribution >= 4 is 11.0 Å². The molecule has 1 aliphatic rings. The van der Waals surface area contributed by atoms with Crippen LogP contribution in [-0.2, 0) is 12.0 Å². The second-order valence-corrected chi connectivity index (χ2v) is 5.43. The molecule has 1 aromatic heterocycles. The average Bonchev–Trinajstić information content (AvgIpc) is 3.05. The number of aryl methyl sites for hydroxylation is 1. The van der Waals surface area contributed by atoms with Gasteiger partial charge < -0.3 is 10.3 Å². The van der Waals surface area contributed by atoms with E-state index in [-0.39, 0.29) is 5.41 Å². The van der Waals surface area contributed by atoms with Crippen LogP contribution in [0.5, 0.6) is 0 Å². The Labute approximate surface area is 108 Å². The van der Waals surface area contributed by atoms with Crippen molar-refractivity contribution in [1.82, 2.24) is 9.55 Å². The summed E-state index contributed by atoms with van der Waals surface area (Å²) in [4.78, 5) is 4.51. The number of rotatable bonds is 3. The molecule has 0 bridgehead atoms. The Hall–Kier alpha value is -1.35. The van der Waals surface area contributed by atoms with E-state index in [1.54, 1.807) is 0 Å². The highest BCUT2D eigenvalue weighted by atomic mass is 15.0. The minimum absolute atomic E-state index is 0.212. The maximum absolute atomic E-state index is 6.05. The third kappa shape index (κ3) is 1.65. The number of aromatic nitrogens is 2. The summed E-state index contributed by atoms with van der Waals surface area (Å²) < 4.78 is 2.18. The molecule has 0 spiro atoms. The van der Waals surface area contributed by atoms with Gasteiger partial charge in [-0.15, -0.1) is 0 Å². The number of imidazole rings is 1. The Morgan fingerprint density at radius 1 is 1.33 bits per heavy atom. The molecule has 0 radical (unpaired) electrons. The van der Waals surface area contributed by atoms with Crippen LogP contribution < -0.4 is 5.73 Å². The summed E-state index contributed by atoms with van der Waals surface area (Å²) in [6.07, 6.45) is 6.99. The largest absolute Gasteiger partial charge is 0.331 e. The molecule has 2 N–H and O–H groups in total. The van der Waals surface area contributed by atoms with Gasteiger partial charge in [-0.3, -0.25) is 0 Å². The van der Waals surface area contributed by atoms with E-state index >= 15 is 0 Å². The average molecular weight is 243 g/mol. The van der Waals surface area contributed by atoms with Gasteiger partial charge in [0.1, 0.15) is 0 Å². The van der Waals surface area contributed by atoms with Gasteiger partial charge >= 0.3 is 0 Å². The van der Waals surface area contributed by atoms with Crippen LogP contribution in [0, 0.1) is 0 Å². The van der Waals surface area contributed by atoms with Crippen LogP contribution in [0.1, 0.15) is 38.2 Å². The molecule has 0 atom stereocenters. The van der Waals surface area contributed by atoms with Crippen molar-refractivity contribution in [2.75, 3.05) is 6.54 Å². The zero-order valence-corrected chi connectivity index (χ0v) is 11.0. The fourth-order valence-electron chi connectivity index (χ4n) is 3.31. The van der Waals surface area contributed by atoms with Crippen molar-refractivity contribution in [1.29, 1.82) is 0 Å². The van der Waals surface area contributed by atoms with E-state index in [0.29, 0.717) is 0 Å². The number of hydrogen-bond acceptors (Lipinski definition) is 2. The molecule has 1 fully saturated rings. The highest BCUT2D eigenvalue weighted by Gasteiger charge is 2.34. The zero-order chi connectivity index (χ0) is 12.6. The van der Waals surface area contributed by atoms with Gasteiger partial charge in [0.15, 0.2) is 0 Å². The van der Waals surface area contributed by atoms with E-state index in [9.17, 15) is 0 Å². The first-order chi connectivity index (χ1) is 8.79. The summed E-state index contributed by atoms with van der Waals surface area (Å²) in [6.45, 7) is 3.87. The van der Waals surface area contributed by atoms with Crippen molar-refractivity contribution in [3.63, 3.8) is 0 Å². The fourth-order valence-corrected chi connectivity index (χ4v) is 3.31. The Morgan fingerprint density at radius 3 is 2.78 bits per heavy atom. The van der Waals surface area contributed by atoms with E-state index < -0.39 is 0 Å². The van der Waals surface area contributed by atoms with Crippen LogP contribution in [0.15, 0.2) is 24.5 Å². The molecular formula is C15H21N3. The molecule has 1 aliphatic carbocycles. The summed E-state index contributed by atoms with van der Waals surface area (Å²) >= 11 is 0. The van der Waals surface area contributed by atoms with Gasteiger partial charge in [-0.05, 0) is 37.5 Å². The minimum Gasteiger partial charge on any atom is -0.331 e. The number of benzene rings is 1. The first kappa shape index (κ1) is 11.7. The van der Waals surface area contributed by atoms with E-state index in [2.05, 4.69) is 34.7 Å². The molecule has 1 heterocycles. The number of nitrogens with two attached hydrogens (primary N) is 1. The lowest BCUT2D eigenvalue weighted by Crippen LogP contribution is -2.31. The summed E-state index contributed by atoms with van der Waals surface area (Å²) in [5, 5.41) is 0. The second kappa shape index (κ2) is 4.39. The molecule has 2 aromatic rings. The van der Waals surface area contributed by atoms with Crippen molar-refractivity contribution in [2.24, 2.45) is 5.73 Å². The van der Waals surface area contributed by atoms with Gasteiger partial charge in [0.25, 0.3) is 0 Å². The molecule has 18 heavy (non-hydrogen) atoms. The number of fused-ring (bicyclic) bond motifs is 1. The first-order valence-corrected chi connectivity index (χ1v) is 6.94. The third-order valence-electron chi connectivity index (χ3n) is 4.53. The highest BCUT2D eigenvalue weighted by Crippen LogP contribution is 2.40. The predicted molar refractivity (Wildman–Crippen MR) is 74.6 cm³/mol. The summed E-state index contributed by atoms with van der Waals surface area (Å²) in [6, 6.07) is 6.71. The molecule has 0 aliphatic heterocycles. The van der Waals surface area contributed by atoms with Crippen LogP contribution in [0.2, 0.25) is 0 Å². The Bertz CT molecular complexity index is 550.